The molecule has 0 atom stereocenters. The van der Waals surface area contributed by atoms with Gasteiger partial charge in [0, 0.05) is 17.4 Å². The lowest BCUT2D eigenvalue weighted by Crippen LogP contribution is -1.79. The van der Waals surface area contributed by atoms with E-state index < -0.39 is 0 Å². The molecule has 0 saturated heterocycles. The van der Waals surface area contributed by atoms with Gasteiger partial charge < -0.3 is 4.40 Å². The molecule has 0 amide bonds. The first-order valence-electron chi connectivity index (χ1n) is 3.92. The molecule has 0 bridgehead atoms. The average molecular weight is 181 g/mol. The number of rotatable bonds is 1. The molecule has 0 aliphatic heterocycles. The number of aromatic nitrogens is 2. The first kappa shape index (κ1) is 7.62. The van der Waals surface area contributed by atoms with Crippen LogP contribution in [0.4, 0.5) is 0 Å². The van der Waals surface area contributed by atoms with Crippen LogP contribution in [0.2, 0.25) is 5.02 Å². The molecule has 2 aromatic heterocycles. The molecule has 0 aliphatic rings. The zero-order valence-electron chi connectivity index (χ0n) is 6.79. The maximum absolute atomic E-state index is 5.82. The highest BCUT2D eigenvalue weighted by Crippen LogP contribution is 2.12. The lowest BCUT2D eigenvalue weighted by molar-refractivity contribution is 1.07. The van der Waals surface area contributed by atoms with Crippen molar-refractivity contribution in [2.24, 2.45) is 0 Å². The van der Waals surface area contributed by atoms with Crippen molar-refractivity contribution in [3.05, 3.63) is 35.2 Å². The monoisotopic (exact) mass is 180 g/mol. The first-order chi connectivity index (χ1) is 5.79. The van der Waals surface area contributed by atoms with E-state index in [4.69, 9.17) is 11.6 Å². The summed E-state index contributed by atoms with van der Waals surface area (Å²) in [6, 6.07) is 3.72. The van der Waals surface area contributed by atoms with Crippen LogP contribution >= 0.6 is 11.6 Å². The van der Waals surface area contributed by atoms with Gasteiger partial charge in [-0.25, -0.2) is 4.98 Å². The molecule has 3 heteroatoms. The Morgan fingerprint density at radius 1 is 1.58 bits per heavy atom. The molecule has 0 radical (unpaired) electrons. The largest absolute Gasteiger partial charge is 0.307 e. The molecule has 0 aliphatic carbocycles. The summed E-state index contributed by atoms with van der Waals surface area (Å²) in [5.74, 6) is 0. The second-order valence-electron chi connectivity index (χ2n) is 2.70. The maximum atomic E-state index is 5.82. The van der Waals surface area contributed by atoms with Crippen LogP contribution in [0.25, 0.3) is 5.65 Å². The molecule has 2 aromatic rings. The number of hydrogen-bond acceptors (Lipinski definition) is 1. The number of aryl methyl sites for hydroxylation is 1. The molecule has 12 heavy (non-hydrogen) atoms. The minimum absolute atomic E-state index is 0.732. The van der Waals surface area contributed by atoms with E-state index in [2.05, 4.69) is 11.9 Å². The van der Waals surface area contributed by atoms with Gasteiger partial charge in [-0.05, 0) is 18.6 Å². The molecule has 0 fully saturated rings. The number of pyridine rings is 1. The zero-order chi connectivity index (χ0) is 8.55. The topological polar surface area (TPSA) is 17.3 Å². The summed E-state index contributed by atoms with van der Waals surface area (Å²) >= 11 is 5.82. The van der Waals surface area contributed by atoms with E-state index in [0.29, 0.717) is 0 Å². The van der Waals surface area contributed by atoms with Crippen LogP contribution in [-0.2, 0) is 6.42 Å². The quantitative estimate of drug-likeness (QED) is 0.660. The summed E-state index contributed by atoms with van der Waals surface area (Å²) < 4.78 is 1.98. The van der Waals surface area contributed by atoms with Crippen molar-refractivity contribution in [3.8, 4) is 0 Å². The van der Waals surface area contributed by atoms with Crippen LogP contribution < -0.4 is 0 Å². The van der Waals surface area contributed by atoms with E-state index in [1.165, 1.54) is 0 Å². The van der Waals surface area contributed by atoms with Gasteiger partial charge in [-0.1, -0.05) is 18.5 Å². The molecule has 0 aromatic carbocycles. The Balaban J connectivity index is 2.67. The van der Waals surface area contributed by atoms with Crippen molar-refractivity contribution in [2.75, 3.05) is 0 Å². The molecule has 0 unspecified atom stereocenters. The molecule has 2 heterocycles. The summed E-state index contributed by atoms with van der Waals surface area (Å²) in [4.78, 5) is 4.37. The molecule has 0 saturated carbocycles. The number of imidazole rings is 1. The molecule has 2 rings (SSSR count). The van der Waals surface area contributed by atoms with Gasteiger partial charge in [0.1, 0.15) is 5.65 Å². The fourth-order valence-corrected chi connectivity index (χ4v) is 1.33. The fraction of sp³-hybridized carbons (Fsp3) is 0.222. The van der Waals surface area contributed by atoms with Crippen LogP contribution in [0.3, 0.4) is 0 Å². The predicted octanol–water partition coefficient (Wildman–Crippen LogP) is 2.55. The van der Waals surface area contributed by atoms with Gasteiger partial charge in [-0.2, -0.15) is 0 Å². The highest BCUT2D eigenvalue weighted by Gasteiger charge is 1.98. The summed E-state index contributed by atoms with van der Waals surface area (Å²) in [7, 11) is 0. The standard InChI is InChI=1S/C9H9ClN2/c1-2-8-6-12-4-3-7(10)5-9(12)11-8/h3-6H,2H2,1H3. The minimum atomic E-state index is 0.732. The van der Waals surface area contributed by atoms with Gasteiger partial charge >= 0.3 is 0 Å². The van der Waals surface area contributed by atoms with Gasteiger partial charge in [0.15, 0.2) is 0 Å². The van der Waals surface area contributed by atoms with Crippen LogP contribution in [0.5, 0.6) is 0 Å². The van der Waals surface area contributed by atoms with Gasteiger partial charge in [0.25, 0.3) is 0 Å². The van der Waals surface area contributed by atoms with E-state index in [-0.39, 0.29) is 0 Å². The number of fused-ring (bicyclic) bond motifs is 1. The Morgan fingerprint density at radius 3 is 3.17 bits per heavy atom. The second kappa shape index (κ2) is 2.79. The average Bonchev–Trinajstić information content (AvgIpc) is 2.46. The van der Waals surface area contributed by atoms with Crippen LogP contribution in [-0.4, -0.2) is 9.38 Å². The van der Waals surface area contributed by atoms with Crippen LogP contribution in [0, 0.1) is 0 Å². The van der Waals surface area contributed by atoms with Crippen molar-refractivity contribution >= 4 is 17.2 Å². The third kappa shape index (κ3) is 1.18. The van der Waals surface area contributed by atoms with E-state index in [1.54, 1.807) is 0 Å². The highest BCUT2D eigenvalue weighted by molar-refractivity contribution is 6.30. The van der Waals surface area contributed by atoms with E-state index in [1.807, 2.05) is 28.9 Å². The number of hydrogen-bond donors (Lipinski definition) is 0. The molecule has 0 N–H and O–H groups in total. The Bertz CT molecular complexity index is 406. The SMILES string of the molecule is CCc1cn2ccc(Cl)cc2n1. The lowest BCUT2D eigenvalue weighted by atomic mass is 10.4. The Hall–Kier alpha value is -1.02. The van der Waals surface area contributed by atoms with Crippen molar-refractivity contribution in [3.63, 3.8) is 0 Å². The first-order valence-corrected chi connectivity index (χ1v) is 4.30. The normalized spacial score (nSPS) is 10.8. The van der Waals surface area contributed by atoms with Crippen molar-refractivity contribution in [2.45, 2.75) is 13.3 Å². The Kier molecular flexibility index (Phi) is 1.77. The van der Waals surface area contributed by atoms with Crippen LogP contribution in [0.15, 0.2) is 24.5 Å². The predicted molar refractivity (Wildman–Crippen MR) is 49.6 cm³/mol. The van der Waals surface area contributed by atoms with Gasteiger partial charge in [0.05, 0.1) is 5.69 Å². The van der Waals surface area contributed by atoms with Crippen molar-refractivity contribution in [1.29, 1.82) is 0 Å². The third-order valence-corrected chi connectivity index (χ3v) is 2.07. The summed E-state index contributed by atoms with van der Waals surface area (Å²) in [5.41, 5.74) is 2.01. The summed E-state index contributed by atoms with van der Waals surface area (Å²) in [6.45, 7) is 2.09. The van der Waals surface area contributed by atoms with E-state index >= 15 is 0 Å². The van der Waals surface area contributed by atoms with Gasteiger partial charge in [-0.3, -0.25) is 0 Å². The molecular weight excluding hydrogens is 172 g/mol. The van der Waals surface area contributed by atoms with E-state index in [0.717, 1.165) is 22.8 Å². The summed E-state index contributed by atoms with van der Waals surface area (Å²) in [6.07, 6.45) is 4.90. The minimum Gasteiger partial charge on any atom is -0.307 e. The smallest absolute Gasteiger partial charge is 0.138 e. The second-order valence-corrected chi connectivity index (χ2v) is 3.13. The molecule has 62 valence electrons. The van der Waals surface area contributed by atoms with Crippen molar-refractivity contribution < 1.29 is 0 Å². The van der Waals surface area contributed by atoms with Crippen LogP contribution in [0.1, 0.15) is 12.6 Å². The Morgan fingerprint density at radius 2 is 2.42 bits per heavy atom. The molecule has 0 spiro atoms. The molecular formula is C9H9ClN2. The third-order valence-electron chi connectivity index (χ3n) is 1.83. The Labute approximate surface area is 75.8 Å². The highest BCUT2D eigenvalue weighted by atomic mass is 35.5. The van der Waals surface area contributed by atoms with E-state index in [9.17, 15) is 0 Å². The van der Waals surface area contributed by atoms with Crippen molar-refractivity contribution in [1.82, 2.24) is 9.38 Å². The summed E-state index contributed by atoms with van der Waals surface area (Å²) in [5, 5.41) is 0.732. The van der Waals surface area contributed by atoms with Gasteiger partial charge in [0.2, 0.25) is 0 Å². The zero-order valence-corrected chi connectivity index (χ0v) is 7.54. The maximum Gasteiger partial charge on any atom is 0.138 e. The number of nitrogens with zero attached hydrogens (tertiary/aromatic N) is 2. The molecule has 2 nitrogen and oxygen atoms in total. The number of halogens is 1. The lowest BCUT2D eigenvalue weighted by Gasteiger charge is -1.90. The van der Waals surface area contributed by atoms with Gasteiger partial charge in [-0.15, -0.1) is 0 Å². The fourth-order valence-electron chi connectivity index (χ4n) is 1.18.